The summed E-state index contributed by atoms with van der Waals surface area (Å²) in [5.74, 6) is 1.000. The average molecular weight is 417 g/mol. The fraction of sp³-hybridized carbons (Fsp3) is 0.571. The molecule has 0 unspecified atom stereocenters. The number of sulfonamides is 1. The lowest BCUT2D eigenvalue weighted by atomic mass is 9.86. The van der Waals surface area contributed by atoms with Gasteiger partial charge in [-0.15, -0.1) is 0 Å². The summed E-state index contributed by atoms with van der Waals surface area (Å²) in [6, 6.07) is 3.04. The highest BCUT2D eigenvalue weighted by atomic mass is 79.9. The lowest BCUT2D eigenvalue weighted by Crippen LogP contribution is -2.34. The van der Waals surface area contributed by atoms with E-state index >= 15 is 0 Å². The van der Waals surface area contributed by atoms with Gasteiger partial charge >= 0.3 is 0 Å². The van der Waals surface area contributed by atoms with Gasteiger partial charge in [0.25, 0.3) is 0 Å². The fourth-order valence-corrected chi connectivity index (χ4v) is 5.31. The highest BCUT2D eigenvalue weighted by molar-refractivity contribution is 9.10. The van der Waals surface area contributed by atoms with Crippen LogP contribution in [0.3, 0.4) is 0 Å². The van der Waals surface area contributed by atoms with E-state index in [2.05, 4.69) is 48.3 Å². The fourth-order valence-electron chi connectivity index (χ4n) is 2.30. The minimum atomic E-state index is -3.74. The summed E-state index contributed by atoms with van der Waals surface area (Å²) < 4.78 is 28.1. The first-order chi connectivity index (χ1) is 9.56. The third-order valence-electron chi connectivity index (χ3n) is 3.45. The van der Waals surface area contributed by atoms with Crippen molar-refractivity contribution in [2.45, 2.75) is 32.6 Å². The van der Waals surface area contributed by atoms with Crippen molar-refractivity contribution >= 4 is 49.2 Å². The Bertz CT molecular complexity index is 572. The zero-order valence-electron chi connectivity index (χ0n) is 12.5. The highest BCUT2D eigenvalue weighted by Crippen LogP contribution is 2.33. The van der Waals surface area contributed by atoms with Crippen molar-refractivity contribution in [1.82, 2.24) is 4.72 Å². The van der Waals surface area contributed by atoms with E-state index in [0.717, 1.165) is 0 Å². The normalized spacial score (nSPS) is 12.7. The molecule has 0 atom stereocenters. The molecule has 3 nitrogen and oxygen atoms in total. The maximum absolute atomic E-state index is 12.4. The summed E-state index contributed by atoms with van der Waals surface area (Å²) in [5.41, 5.74) is 0. The summed E-state index contributed by atoms with van der Waals surface area (Å²) in [6.45, 7) is 8.69. The molecule has 0 amide bonds. The average Bonchev–Trinajstić information content (AvgIpc) is 2.25. The molecule has 0 radical (unpaired) electrons. The van der Waals surface area contributed by atoms with E-state index in [1.807, 2.05) is 0 Å². The molecule has 0 aliphatic rings. The number of benzene rings is 1. The maximum Gasteiger partial charge on any atom is 0.243 e. The van der Waals surface area contributed by atoms with E-state index < -0.39 is 10.0 Å². The molecule has 7 heteroatoms. The second kappa shape index (κ2) is 7.64. The first-order valence-electron chi connectivity index (χ1n) is 6.70. The van der Waals surface area contributed by atoms with Crippen molar-refractivity contribution in [1.29, 1.82) is 0 Å². The topological polar surface area (TPSA) is 46.2 Å². The zero-order chi connectivity index (χ0) is 16.4. The van der Waals surface area contributed by atoms with E-state index in [-0.39, 0.29) is 20.9 Å². The van der Waals surface area contributed by atoms with Crippen LogP contribution in [0.15, 0.2) is 21.5 Å². The smallest absolute Gasteiger partial charge is 0.211 e. The maximum atomic E-state index is 12.4. The van der Waals surface area contributed by atoms with Crippen LogP contribution in [0.25, 0.3) is 0 Å². The molecule has 0 aliphatic heterocycles. The Hall–Kier alpha value is 0.190. The van der Waals surface area contributed by atoms with Crippen LogP contribution in [-0.2, 0) is 10.0 Å². The van der Waals surface area contributed by atoms with Crippen LogP contribution in [0.5, 0.6) is 0 Å². The summed E-state index contributed by atoms with van der Waals surface area (Å²) in [5, 5.41) is 0.208. The molecule has 1 rings (SSSR count). The second-order valence-corrected chi connectivity index (χ2v) is 9.14. The first kappa shape index (κ1) is 19.2. The van der Waals surface area contributed by atoms with Crippen LogP contribution in [0, 0.1) is 17.8 Å². The van der Waals surface area contributed by atoms with Gasteiger partial charge in [0.1, 0.15) is 4.90 Å². The second-order valence-electron chi connectivity index (χ2n) is 5.70. The summed E-state index contributed by atoms with van der Waals surface area (Å²) in [7, 11) is -3.74. The number of halogens is 3. The molecule has 0 fully saturated rings. The third kappa shape index (κ3) is 5.10. The predicted molar refractivity (Wildman–Crippen MR) is 92.5 cm³/mol. The number of nitrogens with one attached hydrogen (secondary N) is 1. The molecule has 0 spiro atoms. The van der Waals surface area contributed by atoms with Crippen LogP contribution in [-0.4, -0.2) is 15.0 Å². The van der Waals surface area contributed by atoms with Gasteiger partial charge in [-0.2, -0.15) is 0 Å². The SMILES string of the molecule is CC(C)C(CNS(=O)(=O)c1c(Cl)cc(Br)cc1Cl)C(C)C. The van der Waals surface area contributed by atoms with Crippen LogP contribution in [0.1, 0.15) is 27.7 Å². The van der Waals surface area contributed by atoms with E-state index in [1.54, 1.807) is 0 Å². The van der Waals surface area contributed by atoms with Crippen molar-refractivity contribution in [3.05, 3.63) is 26.7 Å². The van der Waals surface area contributed by atoms with Crippen molar-refractivity contribution in [2.24, 2.45) is 17.8 Å². The molecule has 21 heavy (non-hydrogen) atoms. The number of rotatable bonds is 6. The van der Waals surface area contributed by atoms with Gasteiger partial charge in [-0.25, -0.2) is 13.1 Å². The summed E-state index contributed by atoms with van der Waals surface area (Å²) in [6.07, 6.45) is 0. The molecule has 0 saturated heterocycles. The van der Waals surface area contributed by atoms with Crippen molar-refractivity contribution in [3.8, 4) is 0 Å². The van der Waals surface area contributed by atoms with E-state index in [4.69, 9.17) is 23.2 Å². The van der Waals surface area contributed by atoms with Gasteiger partial charge in [0.15, 0.2) is 0 Å². The Balaban J connectivity index is 3.03. The van der Waals surface area contributed by atoms with Crippen molar-refractivity contribution in [2.75, 3.05) is 6.54 Å². The molecule has 0 aromatic heterocycles. The summed E-state index contributed by atoms with van der Waals surface area (Å²) >= 11 is 15.3. The van der Waals surface area contributed by atoms with E-state index in [1.165, 1.54) is 12.1 Å². The van der Waals surface area contributed by atoms with Crippen LogP contribution in [0.4, 0.5) is 0 Å². The standard InChI is InChI=1S/C14H20BrCl2NO2S/c1-8(2)11(9(3)4)7-18-21(19,20)14-12(16)5-10(15)6-13(14)17/h5-6,8-9,11,18H,7H2,1-4H3. The molecule has 0 heterocycles. The number of hydrogen-bond acceptors (Lipinski definition) is 2. The Morgan fingerprint density at radius 3 is 1.90 bits per heavy atom. The lowest BCUT2D eigenvalue weighted by Gasteiger charge is -2.25. The molecule has 120 valence electrons. The molecular weight excluding hydrogens is 397 g/mol. The minimum absolute atomic E-state index is 0.0692. The Morgan fingerprint density at radius 2 is 1.52 bits per heavy atom. The van der Waals surface area contributed by atoms with Gasteiger partial charge in [-0.05, 0) is 29.9 Å². The molecular formula is C14H20BrCl2NO2S. The molecule has 0 aliphatic carbocycles. The summed E-state index contributed by atoms with van der Waals surface area (Å²) in [4.78, 5) is -0.0692. The third-order valence-corrected chi connectivity index (χ3v) is 6.26. The largest absolute Gasteiger partial charge is 0.243 e. The molecule has 1 aromatic carbocycles. The van der Waals surface area contributed by atoms with E-state index in [9.17, 15) is 8.42 Å². The number of hydrogen-bond donors (Lipinski definition) is 1. The lowest BCUT2D eigenvalue weighted by molar-refractivity contribution is 0.289. The van der Waals surface area contributed by atoms with E-state index in [0.29, 0.717) is 22.9 Å². The quantitative estimate of drug-likeness (QED) is 0.711. The van der Waals surface area contributed by atoms with Crippen LogP contribution in [0.2, 0.25) is 10.0 Å². The minimum Gasteiger partial charge on any atom is -0.211 e. The van der Waals surface area contributed by atoms with Crippen LogP contribution < -0.4 is 4.72 Å². The zero-order valence-corrected chi connectivity index (χ0v) is 16.4. The highest BCUT2D eigenvalue weighted by Gasteiger charge is 2.25. The van der Waals surface area contributed by atoms with Crippen LogP contribution >= 0.6 is 39.1 Å². The molecule has 0 saturated carbocycles. The van der Waals surface area contributed by atoms with Gasteiger partial charge in [-0.1, -0.05) is 66.8 Å². The monoisotopic (exact) mass is 415 g/mol. The Morgan fingerprint density at radius 1 is 1.10 bits per heavy atom. The van der Waals surface area contributed by atoms with Gasteiger partial charge in [0.2, 0.25) is 10.0 Å². The molecule has 0 bridgehead atoms. The van der Waals surface area contributed by atoms with Gasteiger partial charge in [0, 0.05) is 11.0 Å². The van der Waals surface area contributed by atoms with Gasteiger partial charge < -0.3 is 0 Å². The van der Waals surface area contributed by atoms with Gasteiger partial charge in [0.05, 0.1) is 10.0 Å². The predicted octanol–water partition coefficient (Wildman–Crippen LogP) is 4.96. The first-order valence-corrected chi connectivity index (χ1v) is 9.73. The van der Waals surface area contributed by atoms with Crippen molar-refractivity contribution in [3.63, 3.8) is 0 Å². The Kier molecular flexibility index (Phi) is 7.00. The van der Waals surface area contributed by atoms with Gasteiger partial charge in [-0.3, -0.25) is 0 Å². The molecule has 1 aromatic rings. The van der Waals surface area contributed by atoms with Crippen molar-refractivity contribution < 1.29 is 8.42 Å². The molecule has 1 N–H and O–H groups in total. The Labute approximate surface area is 145 Å².